The molecule has 1 aromatic heterocycles. The molecule has 0 saturated carbocycles. The summed E-state index contributed by atoms with van der Waals surface area (Å²) >= 11 is 12.0. The Morgan fingerprint density at radius 2 is 1.74 bits per heavy atom. The molecule has 0 aromatic carbocycles. The second kappa shape index (κ2) is 14.6. The maximum atomic E-state index is 12.9. The lowest BCUT2D eigenvalue weighted by Gasteiger charge is -2.07. The Morgan fingerprint density at radius 1 is 1.15 bits per heavy atom. The number of hydrogen-bond acceptors (Lipinski definition) is 6. The van der Waals surface area contributed by atoms with Gasteiger partial charge in [0.25, 0.3) is 0 Å². The zero-order valence-corrected chi connectivity index (χ0v) is 17.2. The summed E-state index contributed by atoms with van der Waals surface area (Å²) in [5.41, 5.74) is 5.07. The van der Waals surface area contributed by atoms with Gasteiger partial charge in [-0.3, -0.25) is 0 Å². The van der Waals surface area contributed by atoms with Gasteiger partial charge < -0.3 is 20.7 Å². The van der Waals surface area contributed by atoms with E-state index in [1.807, 2.05) is 0 Å². The van der Waals surface area contributed by atoms with Crippen LogP contribution in [0, 0.1) is 5.95 Å². The number of aromatic nitrogens is 1. The molecular weight excluding hydrogens is 422 g/mol. The Labute approximate surface area is 171 Å². The van der Waals surface area contributed by atoms with E-state index in [0.717, 1.165) is 23.9 Å². The second-order valence-corrected chi connectivity index (χ2v) is 7.12. The summed E-state index contributed by atoms with van der Waals surface area (Å²) in [4.78, 5) is 23.5. The van der Waals surface area contributed by atoms with E-state index in [9.17, 15) is 14.0 Å². The lowest BCUT2D eigenvalue weighted by molar-refractivity contribution is -0.139. The number of thioether (sulfide) groups is 1. The molecule has 0 atom stereocenters. The van der Waals surface area contributed by atoms with Crippen LogP contribution in [0.25, 0.3) is 0 Å². The van der Waals surface area contributed by atoms with E-state index in [1.54, 1.807) is 0 Å². The number of unbranched alkanes of at least 4 members (excludes halogenated alkanes) is 5. The fourth-order valence-electron chi connectivity index (χ4n) is 1.78. The van der Waals surface area contributed by atoms with Crippen molar-refractivity contribution in [3.8, 4) is 5.88 Å². The van der Waals surface area contributed by atoms with Crippen LogP contribution in [0.5, 0.6) is 5.88 Å². The van der Waals surface area contributed by atoms with Gasteiger partial charge in [-0.15, -0.1) is 0 Å². The summed E-state index contributed by atoms with van der Waals surface area (Å²) in [6.45, 7) is 1.49. The molecule has 1 rings (SSSR count). The highest BCUT2D eigenvalue weighted by Gasteiger charge is 2.16. The average Bonchev–Trinajstić information content (AvgIpc) is 2.61. The summed E-state index contributed by atoms with van der Waals surface area (Å²) in [6, 6.07) is 0. The van der Waals surface area contributed by atoms with Crippen LogP contribution >= 0.6 is 35.0 Å². The zero-order chi connectivity index (χ0) is 20.8. The number of nitrogens with two attached hydrogens (primary N) is 1. The second-order valence-electron chi connectivity index (χ2n) is 5.31. The van der Waals surface area contributed by atoms with Crippen molar-refractivity contribution in [1.29, 1.82) is 0 Å². The number of hydrogen-bond donors (Lipinski definition) is 3. The number of nitrogens with zero attached hydrogens (tertiary/aromatic N) is 1. The fourth-order valence-corrected chi connectivity index (χ4v) is 2.68. The molecule has 0 aliphatic heterocycles. The molecule has 154 valence electrons. The van der Waals surface area contributed by atoms with Gasteiger partial charge in [-0.1, -0.05) is 62.2 Å². The average molecular weight is 445 g/mol. The Morgan fingerprint density at radius 3 is 2.30 bits per heavy atom. The van der Waals surface area contributed by atoms with Crippen LogP contribution in [-0.2, 0) is 4.79 Å². The minimum absolute atomic E-state index is 0.220. The third kappa shape index (κ3) is 11.8. The molecule has 0 fully saturated rings. The minimum Gasteiger partial charge on any atom is -0.479 e. The lowest BCUT2D eigenvalue weighted by Crippen LogP contribution is -2.11. The maximum Gasteiger partial charge on any atom is 0.364 e. The van der Waals surface area contributed by atoms with E-state index in [-0.39, 0.29) is 10.7 Å². The molecule has 0 amide bonds. The van der Waals surface area contributed by atoms with E-state index >= 15 is 0 Å². The number of aliphatic carboxylic acids is 1. The van der Waals surface area contributed by atoms with Crippen LogP contribution in [0.1, 0.15) is 45.4 Å². The number of carboxylic acids is 1. The third-order valence-electron chi connectivity index (χ3n) is 3.10. The smallest absolute Gasteiger partial charge is 0.364 e. The Hall–Kier alpha value is -1.45. The molecule has 0 saturated heterocycles. The summed E-state index contributed by atoms with van der Waals surface area (Å²) in [5, 5.41) is 15.2. The van der Waals surface area contributed by atoms with Crippen molar-refractivity contribution in [3.63, 3.8) is 0 Å². The molecule has 11 heteroatoms. The van der Waals surface area contributed by atoms with Gasteiger partial charge in [-0.05, 0) is 18.2 Å². The zero-order valence-electron chi connectivity index (χ0n) is 14.8. The van der Waals surface area contributed by atoms with Crippen LogP contribution in [-0.4, -0.2) is 38.8 Å². The molecule has 1 aromatic rings. The number of rotatable bonds is 10. The van der Waals surface area contributed by atoms with Crippen molar-refractivity contribution in [1.82, 2.24) is 4.98 Å². The normalized spacial score (nSPS) is 10.1. The predicted octanol–water partition coefficient (Wildman–Crippen LogP) is 5.33. The monoisotopic (exact) mass is 444 g/mol. The standard InChI is InChI=1S/C9H18O2S.C7H5Cl2FN2O3/c1-2-3-4-5-6-7-8-12-9(10)11;8-3-5(11)4(9)7(12-6(3)10)15-1-2(13)14/h2-8H2,1H3,(H,10,11);1H2,(H2,11,12)(H,13,14). The number of ether oxygens (including phenoxy) is 1. The first-order valence-electron chi connectivity index (χ1n) is 8.20. The highest BCUT2D eigenvalue weighted by atomic mass is 35.5. The summed E-state index contributed by atoms with van der Waals surface area (Å²) in [5.74, 6) is -1.96. The third-order valence-corrected chi connectivity index (χ3v) is 4.56. The van der Waals surface area contributed by atoms with Crippen molar-refractivity contribution in [2.75, 3.05) is 18.1 Å². The molecule has 1 heterocycles. The molecule has 27 heavy (non-hydrogen) atoms. The fraction of sp³-hybridized carbons (Fsp3) is 0.562. The molecular formula is C16H23Cl2FN2O5S. The van der Waals surface area contributed by atoms with Gasteiger partial charge >= 0.3 is 11.3 Å². The minimum atomic E-state index is -1.25. The summed E-state index contributed by atoms with van der Waals surface area (Å²) in [7, 11) is 0. The SMILES string of the molecule is CCCCCCCCSC(=O)O.Nc1c(Cl)c(F)nc(OCC(=O)O)c1Cl. The Bertz CT molecular complexity index is 623. The molecule has 7 nitrogen and oxygen atoms in total. The van der Waals surface area contributed by atoms with Gasteiger partial charge in [0.1, 0.15) is 10.0 Å². The van der Waals surface area contributed by atoms with E-state index in [4.69, 9.17) is 39.1 Å². The first-order chi connectivity index (χ1) is 12.7. The summed E-state index contributed by atoms with van der Waals surface area (Å²) in [6.07, 6.45) is 7.36. The van der Waals surface area contributed by atoms with Crippen molar-refractivity contribution in [3.05, 3.63) is 16.0 Å². The Kier molecular flexibility index (Phi) is 13.8. The molecule has 0 radical (unpaired) electrons. The number of anilines is 1. The van der Waals surface area contributed by atoms with E-state index in [1.165, 1.54) is 32.1 Å². The van der Waals surface area contributed by atoms with Crippen LogP contribution in [0.2, 0.25) is 10.0 Å². The van der Waals surface area contributed by atoms with Gasteiger partial charge in [0.2, 0.25) is 11.8 Å². The number of carbonyl (C=O) groups is 2. The molecule has 0 spiro atoms. The first-order valence-corrected chi connectivity index (χ1v) is 9.95. The van der Waals surface area contributed by atoms with Crippen LogP contribution in [0.3, 0.4) is 0 Å². The molecule has 0 aliphatic carbocycles. The van der Waals surface area contributed by atoms with E-state index in [2.05, 4.69) is 16.6 Å². The van der Waals surface area contributed by atoms with Gasteiger partial charge in [0.05, 0.1) is 5.69 Å². The number of halogens is 3. The first kappa shape index (κ1) is 25.6. The van der Waals surface area contributed by atoms with Crippen LogP contribution in [0.4, 0.5) is 14.9 Å². The van der Waals surface area contributed by atoms with Gasteiger partial charge in [-0.25, -0.2) is 9.59 Å². The highest BCUT2D eigenvalue weighted by molar-refractivity contribution is 8.13. The summed E-state index contributed by atoms with van der Waals surface area (Å²) < 4.78 is 17.5. The topological polar surface area (TPSA) is 123 Å². The number of nitrogen functional groups attached to an aromatic ring is 1. The molecule has 0 unspecified atom stereocenters. The van der Waals surface area contributed by atoms with Gasteiger partial charge in [-0.2, -0.15) is 9.37 Å². The molecule has 0 bridgehead atoms. The maximum absolute atomic E-state index is 12.9. The highest BCUT2D eigenvalue weighted by Crippen LogP contribution is 2.35. The molecule has 4 N–H and O–H groups in total. The van der Waals surface area contributed by atoms with Crippen molar-refractivity contribution < 1.29 is 28.9 Å². The Balaban J connectivity index is 0.000000516. The van der Waals surface area contributed by atoms with Crippen molar-refractivity contribution in [2.24, 2.45) is 0 Å². The predicted molar refractivity (Wildman–Crippen MR) is 106 cm³/mol. The molecule has 0 aliphatic rings. The van der Waals surface area contributed by atoms with Gasteiger partial charge in [0.15, 0.2) is 6.61 Å². The number of pyridine rings is 1. The van der Waals surface area contributed by atoms with Crippen LogP contribution < -0.4 is 10.5 Å². The lowest BCUT2D eigenvalue weighted by atomic mass is 10.1. The van der Waals surface area contributed by atoms with Gasteiger partial charge in [0, 0.05) is 5.75 Å². The number of carboxylic acid groups (broad SMARTS) is 2. The van der Waals surface area contributed by atoms with Crippen LogP contribution in [0.15, 0.2) is 0 Å². The quantitative estimate of drug-likeness (QED) is 0.326. The van der Waals surface area contributed by atoms with Crippen molar-refractivity contribution in [2.45, 2.75) is 45.4 Å². The van der Waals surface area contributed by atoms with E-state index in [0.29, 0.717) is 0 Å². The van der Waals surface area contributed by atoms with Crippen molar-refractivity contribution >= 4 is 51.9 Å². The largest absolute Gasteiger partial charge is 0.479 e. The van der Waals surface area contributed by atoms with E-state index < -0.39 is 34.7 Å².